The van der Waals surface area contributed by atoms with Crippen LogP contribution in [0, 0.1) is 6.92 Å². The van der Waals surface area contributed by atoms with Gasteiger partial charge in [-0.1, -0.05) is 48.4 Å². The molecule has 0 aliphatic heterocycles. The van der Waals surface area contributed by atoms with Crippen LogP contribution in [0.4, 0.5) is 0 Å². The van der Waals surface area contributed by atoms with Gasteiger partial charge in [0.05, 0.1) is 0 Å². The average molecular weight is 419 g/mol. The molecule has 2 aromatic carbocycles. The lowest BCUT2D eigenvalue weighted by atomic mass is 10.1. The van der Waals surface area contributed by atoms with E-state index in [1.807, 2.05) is 62.4 Å². The van der Waals surface area contributed by atoms with Gasteiger partial charge in [0.25, 0.3) is 0 Å². The molecule has 2 amide bonds. The minimum absolute atomic E-state index is 0.0162. The Labute approximate surface area is 176 Å². The van der Waals surface area contributed by atoms with Crippen LogP contribution in [-0.2, 0) is 16.1 Å². The second-order valence-corrected chi connectivity index (χ2v) is 8.20. The van der Waals surface area contributed by atoms with E-state index < -0.39 is 6.04 Å². The van der Waals surface area contributed by atoms with E-state index in [9.17, 15) is 9.59 Å². The summed E-state index contributed by atoms with van der Waals surface area (Å²) in [5.41, 5.74) is 2.19. The van der Waals surface area contributed by atoms with Gasteiger partial charge in [-0.25, -0.2) is 0 Å². The first-order chi connectivity index (χ1) is 13.4. The molecule has 0 fully saturated rings. The zero-order valence-electron chi connectivity index (χ0n) is 16.6. The van der Waals surface area contributed by atoms with Gasteiger partial charge < -0.3 is 10.2 Å². The van der Waals surface area contributed by atoms with Gasteiger partial charge in [-0.05, 0) is 43.2 Å². The Morgan fingerprint density at radius 3 is 2.32 bits per heavy atom. The predicted molar refractivity (Wildman–Crippen MR) is 117 cm³/mol. The average Bonchev–Trinajstić information content (AvgIpc) is 2.70. The first kappa shape index (κ1) is 22.3. The Hall–Kier alpha value is -1.98. The lowest BCUT2D eigenvalue weighted by Gasteiger charge is -2.30. The normalized spacial score (nSPS) is 11.7. The number of nitrogens with one attached hydrogen (secondary N) is 1. The number of carbonyl (C=O) groups is 2. The molecule has 0 saturated carbocycles. The highest BCUT2D eigenvalue weighted by Gasteiger charge is 2.27. The molecule has 150 valence electrons. The van der Waals surface area contributed by atoms with Gasteiger partial charge in [0.15, 0.2) is 0 Å². The van der Waals surface area contributed by atoms with Crippen molar-refractivity contribution < 1.29 is 9.59 Å². The minimum atomic E-state index is -0.473. The molecule has 1 atom stereocenters. The number of carbonyl (C=O) groups excluding carboxylic acids is 2. The maximum atomic E-state index is 13.0. The predicted octanol–water partition coefficient (Wildman–Crippen LogP) is 4.68. The number of rotatable bonds is 9. The molecule has 0 unspecified atom stereocenters. The van der Waals surface area contributed by atoms with E-state index in [1.165, 1.54) is 5.56 Å². The first-order valence-corrected chi connectivity index (χ1v) is 10.8. The number of thioether (sulfide) groups is 1. The summed E-state index contributed by atoms with van der Waals surface area (Å²) in [6.45, 7) is 4.38. The number of nitrogens with zero attached hydrogens (tertiary/aromatic N) is 1. The zero-order valence-corrected chi connectivity index (χ0v) is 18.1. The van der Waals surface area contributed by atoms with Crippen molar-refractivity contribution in [1.82, 2.24) is 10.2 Å². The number of hydrogen-bond donors (Lipinski definition) is 1. The summed E-state index contributed by atoms with van der Waals surface area (Å²) in [4.78, 5) is 28.1. The fourth-order valence-corrected chi connectivity index (χ4v) is 3.87. The smallest absolute Gasteiger partial charge is 0.242 e. The second kappa shape index (κ2) is 11.1. The Morgan fingerprint density at radius 1 is 1.11 bits per heavy atom. The second-order valence-electron chi connectivity index (χ2n) is 6.60. The third-order valence-electron chi connectivity index (χ3n) is 4.50. The van der Waals surface area contributed by atoms with Crippen molar-refractivity contribution in [2.45, 2.75) is 44.2 Å². The topological polar surface area (TPSA) is 49.4 Å². The van der Waals surface area contributed by atoms with E-state index in [1.54, 1.807) is 23.7 Å². The molecule has 28 heavy (non-hydrogen) atoms. The van der Waals surface area contributed by atoms with Crippen LogP contribution < -0.4 is 5.32 Å². The van der Waals surface area contributed by atoms with Crippen molar-refractivity contribution in [2.24, 2.45) is 0 Å². The summed E-state index contributed by atoms with van der Waals surface area (Å²) in [7, 11) is 1.61. The fourth-order valence-electron chi connectivity index (χ4n) is 2.91. The van der Waals surface area contributed by atoms with Gasteiger partial charge in [-0.15, -0.1) is 11.8 Å². The van der Waals surface area contributed by atoms with E-state index in [2.05, 4.69) is 5.32 Å². The standard InChI is InChI=1S/C22H27ClN2O2S/c1-4-20(22(27)24-3)25(15-17-7-5-16(2)6-8-17)21(26)13-14-28-19-11-9-18(23)10-12-19/h5-12,20H,4,13-15H2,1-3H3,(H,24,27)/t20-/m1/s1. The maximum Gasteiger partial charge on any atom is 0.242 e. The number of aryl methyl sites for hydroxylation is 1. The highest BCUT2D eigenvalue weighted by molar-refractivity contribution is 7.99. The van der Waals surface area contributed by atoms with Gasteiger partial charge in [-0.3, -0.25) is 9.59 Å². The minimum Gasteiger partial charge on any atom is -0.357 e. The van der Waals surface area contributed by atoms with Crippen molar-refractivity contribution in [2.75, 3.05) is 12.8 Å². The largest absolute Gasteiger partial charge is 0.357 e. The van der Waals surface area contributed by atoms with Gasteiger partial charge in [0.2, 0.25) is 11.8 Å². The molecular formula is C22H27ClN2O2S. The van der Waals surface area contributed by atoms with E-state index in [4.69, 9.17) is 11.6 Å². The van der Waals surface area contributed by atoms with Crippen molar-refractivity contribution in [3.63, 3.8) is 0 Å². The van der Waals surface area contributed by atoms with Crippen LogP contribution in [0.25, 0.3) is 0 Å². The summed E-state index contributed by atoms with van der Waals surface area (Å²) >= 11 is 7.52. The number of hydrogen-bond acceptors (Lipinski definition) is 3. The summed E-state index contributed by atoms with van der Waals surface area (Å²) in [5.74, 6) is 0.500. The molecule has 0 aliphatic carbocycles. The number of benzene rings is 2. The molecule has 0 saturated heterocycles. The van der Waals surface area contributed by atoms with Crippen molar-refractivity contribution in [3.8, 4) is 0 Å². The molecule has 0 radical (unpaired) electrons. The van der Waals surface area contributed by atoms with E-state index >= 15 is 0 Å². The van der Waals surface area contributed by atoms with Gasteiger partial charge in [-0.2, -0.15) is 0 Å². The Bertz CT molecular complexity index is 778. The van der Waals surface area contributed by atoms with Gasteiger partial charge >= 0.3 is 0 Å². The first-order valence-electron chi connectivity index (χ1n) is 9.39. The Morgan fingerprint density at radius 2 is 1.75 bits per heavy atom. The Kier molecular flexibility index (Phi) is 8.87. The van der Waals surface area contributed by atoms with Crippen molar-refractivity contribution in [1.29, 1.82) is 0 Å². The monoisotopic (exact) mass is 418 g/mol. The maximum absolute atomic E-state index is 13.0. The van der Waals surface area contributed by atoms with Crippen LogP contribution in [0.3, 0.4) is 0 Å². The zero-order chi connectivity index (χ0) is 20.5. The summed E-state index contributed by atoms with van der Waals surface area (Å²) in [6, 6.07) is 15.2. The molecule has 4 nitrogen and oxygen atoms in total. The van der Waals surface area contributed by atoms with Gasteiger partial charge in [0.1, 0.15) is 6.04 Å². The number of amides is 2. The molecule has 0 bridgehead atoms. The van der Waals surface area contributed by atoms with Crippen LogP contribution in [0.2, 0.25) is 5.02 Å². The van der Waals surface area contributed by atoms with Crippen LogP contribution >= 0.6 is 23.4 Å². The number of halogens is 1. The molecule has 6 heteroatoms. The molecule has 0 heterocycles. The quantitative estimate of drug-likeness (QED) is 0.601. The van der Waals surface area contributed by atoms with Crippen LogP contribution in [0.1, 0.15) is 30.9 Å². The highest BCUT2D eigenvalue weighted by Crippen LogP contribution is 2.22. The van der Waals surface area contributed by atoms with Crippen molar-refractivity contribution in [3.05, 3.63) is 64.7 Å². The SMILES string of the molecule is CC[C@H](C(=O)NC)N(Cc1ccc(C)cc1)C(=O)CCSc1ccc(Cl)cc1. The van der Waals surface area contributed by atoms with Crippen LogP contribution in [-0.4, -0.2) is 35.6 Å². The van der Waals surface area contributed by atoms with Crippen LogP contribution in [0.15, 0.2) is 53.4 Å². The molecule has 0 spiro atoms. The van der Waals surface area contributed by atoms with E-state index in [0.29, 0.717) is 30.2 Å². The summed E-state index contributed by atoms with van der Waals surface area (Å²) in [5, 5.41) is 3.38. The van der Waals surface area contributed by atoms with Crippen molar-refractivity contribution >= 4 is 35.2 Å². The highest BCUT2D eigenvalue weighted by atomic mass is 35.5. The molecular weight excluding hydrogens is 392 g/mol. The van der Waals surface area contributed by atoms with Gasteiger partial charge in [0, 0.05) is 35.7 Å². The molecule has 2 aromatic rings. The van der Waals surface area contributed by atoms with E-state index in [-0.39, 0.29) is 11.8 Å². The Balaban J connectivity index is 2.07. The fraction of sp³-hybridized carbons (Fsp3) is 0.364. The summed E-state index contributed by atoms with van der Waals surface area (Å²) < 4.78 is 0. The van der Waals surface area contributed by atoms with Crippen LogP contribution in [0.5, 0.6) is 0 Å². The lowest BCUT2D eigenvalue weighted by Crippen LogP contribution is -2.48. The molecule has 1 N–H and O–H groups in total. The third-order valence-corrected chi connectivity index (χ3v) is 5.77. The molecule has 2 rings (SSSR count). The molecule has 0 aromatic heterocycles. The van der Waals surface area contributed by atoms with E-state index in [0.717, 1.165) is 10.5 Å². The lowest BCUT2D eigenvalue weighted by molar-refractivity contribution is -0.140. The molecule has 0 aliphatic rings. The summed E-state index contributed by atoms with van der Waals surface area (Å²) in [6.07, 6.45) is 0.939. The number of likely N-dealkylation sites (N-methyl/N-ethyl adjacent to an activating group) is 1. The third kappa shape index (κ3) is 6.57.